The van der Waals surface area contributed by atoms with Crippen molar-refractivity contribution in [2.45, 2.75) is 18.9 Å². The number of nitrogens with one attached hydrogen (secondary N) is 1. The van der Waals surface area contributed by atoms with Crippen LogP contribution in [0.15, 0.2) is 0 Å². The van der Waals surface area contributed by atoms with E-state index in [0.717, 1.165) is 0 Å². The van der Waals surface area contributed by atoms with Crippen molar-refractivity contribution in [3.63, 3.8) is 0 Å². The van der Waals surface area contributed by atoms with Gasteiger partial charge in [0.15, 0.2) is 0 Å². The molecule has 0 aromatic heterocycles. The largest absolute Gasteiger partial charge is 0.480 e. The van der Waals surface area contributed by atoms with Gasteiger partial charge < -0.3 is 130 Å². The van der Waals surface area contributed by atoms with Gasteiger partial charge in [0, 0.05) is 20.1 Å². The van der Waals surface area contributed by atoms with Crippen LogP contribution in [0, 0.1) is 0 Å². The van der Waals surface area contributed by atoms with Gasteiger partial charge in [0.05, 0.1) is 311 Å². The van der Waals surface area contributed by atoms with Gasteiger partial charge in [-0.05, 0) is 6.42 Å². The fourth-order valence-electron chi connectivity index (χ4n) is 5.84. The minimum atomic E-state index is -1.12. The van der Waals surface area contributed by atoms with E-state index in [0.29, 0.717) is 317 Å². The number of aliphatic carboxylic acids is 1. The Kier molecular flexibility index (Phi) is 72.4. The Morgan fingerprint density at radius 3 is 0.566 bits per heavy atom. The molecular weight excluding hydrogens is 1110 g/mol. The van der Waals surface area contributed by atoms with E-state index in [1.165, 1.54) is 0 Å². The highest BCUT2D eigenvalue weighted by molar-refractivity contribution is 5.78. The molecule has 29 nitrogen and oxygen atoms in total. The van der Waals surface area contributed by atoms with Crippen LogP contribution in [0.1, 0.15) is 12.8 Å². The number of rotatable bonds is 76. The van der Waals surface area contributed by atoms with Crippen LogP contribution in [0.3, 0.4) is 0 Å². The van der Waals surface area contributed by atoms with Gasteiger partial charge in [0.2, 0.25) is 5.91 Å². The molecule has 0 aliphatic carbocycles. The van der Waals surface area contributed by atoms with Crippen LogP contribution in [0.5, 0.6) is 0 Å². The van der Waals surface area contributed by atoms with Crippen LogP contribution >= 0.6 is 0 Å². The lowest BCUT2D eigenvalue weighted by Gasteiger charge is -2.09. The first kappa shape index (κ1) is 80.9. The van der Waals surface area contributed by atoms with Gasteiger partial charge in [-0.3, -0.25) is 9.59 Å². The topological polar surface area (TPSA) is 314 Å². The third-order valence-corrected chi connectivity index (χ3v) is 10.2. The molecule has 1 amide bonds. The van der Waals surface area contributed by atoms with E-state index in [-0.39, 0.29) is 18.7 Å². The molecule has 496 valence electrons. The molecule has 1 atom stereocenters. The number of carboxylic acids is 1. The summed E-state index contributed by atoms with van der Waals surface area (Å²) in [6.07, 6.45) is 0.139. The van der Waals surface area contributed by atoms with Crippen molar-refractivity contribution in [2.75, 3.05) is 324 Å². The number of hydrogen-bond donors (Lipinski definition) is 3. The number of hydrogen-bond acceptors (Lipinski definition) is 27. The first-order valence-corrected chi connectivity index (χ1v) is 29.1. The Labute approximate surface area is 493 Å². The highest BCUT2D eigenvalue weighted by Crippen LogP contribution is 1.95. The molecule has 0 saturated heterocycles. The average Bonchev–Trinajstić information content (AvgIpc) is 3.48. The van der Waals surface area contributed by atoms with Crippen molar-refractivity contribution in [1.29, 1.82) is 0 Å². The van der Waals surface area contributed by atoms with E-state index in [1.54, 1.807) is 7.11 Å². The molecule has 0 fully saturated rings. The Morgan fingerprint density at radius 1 is 0.277 bits per heavy atom. The van der Waals surface area contributed by atoms with Gasteiger partial charge in [-0.1, -0.05) is 0 Å². The molecule has 0 unspecified atom stereocenters. The zero-order chi connectivity index (χ0) is 59.8. The van der Waals surface area contributed by atoms with Crippen molar-refractivity contribution in [2.24, 2.45) is 5.73 Å². The van der Waals surface area contributed by atoms with Gasteiger partial charge >= 0.3 is 5.97 Å². The molecule has 0 aliphatic rings. The third-order valence-electron chi connectivity index (χ3n) is 10.2. The second-order valence-corrected chi connectivity index (χ2v) is 16.9. The molecule has 83 heavy (non-hydrogen) atoms. The van der Waals surface area contributed by atoms with E-state index < -0.39 is 12.0 Å². The Morgan fingerprint density at radius 2 is 0.422 bits per heavy atom. The monoisotopic (exact) mass is 1220 g/mol. The normalized spacial score (nSPS) is 12.0. The van der Waals surface area contributed by atoms with Gasteiger partial charge in [-0.25, -0.2) is 0 Å². The van der Waals surface area contributed by atoms with Crippen LogP contribution in [-0.2, 0) is 123 Å². The second kappa shape index (κ2) is 74.2. The molecule has 0 saturated carbocycles. The predicted octanol–water partition coefficient (Wildman–Crippen LogP) is -0.677. The van der Waals surface area contributed by atoms with Crippen LogP contribution in [0.25, 0.3) is 0 Å². The molecule has 0 bridgehead atoms. The van der Waals surface area contributed by atoms with Crippen LogP contribution in [0.2, 0.25) is 0 Å². The highest BCUT2D eigenvalue weighted by atomic mass is 16.6. The second-order valence-electron chi connectivity index (χ2n) is 16.9. The summed E-state index contributed by atoms with van der Waals surface area (Å²) in [4.78, 5) is 22.3. The maximum absolute atomic E-state index is 11.6. The zero-order valence-electron chi connectivity index (χ0n) is 50.1. The summed E-state index contributed by atoms with van der Waals surface area (Å²) in [6.45, 7) is 22.8. The Bertz CT molecular complexity index is 1250. The summed E-state index contributed by atoms with van der Waals surface area (Å²) in [7, 11) is 1.64. The smallest absolute Gasteiger partial charge is 0.320 e. The van der Waals surface area contributed by atoms with Crippen LogP contribution in [-0.4, -0.2) is 347 Å². The molecule has 0 aromatic carbocycles. The molecular formula is C54H108N2O27. The molecule has 0 spiro atoms. The van der Waals surface area contributed by atoms with Crippen molar-refractivity contribution < 1.29 is 128 Å². The number of nitrogens with two attached hydrogens (primary N) is 1. The number of carbonyl (C=O) groups excluding carboxylic acids is 1. The molecule has 0 aliphatic heterocycles. The Hall–Kier alpha value is -2.06. The number of methoxy groups -OCH3 is 1. The summed E-state index contributed by atoms with van der Waals surface area (Å²) in [5, 5.41) is 11.4. The first-order valence-electron chi connectivity index (χ1n) is 29.1. The molecule has 0 rings (SSSR count). The highest BCUT2D eigenvalue weighted by Gasteiger charge is 2.13. The fourth-order valence-corrected chi connectivity index (χ4v) is 5.84. The van der Waals surface area contributed by atoms with E-state index in [9.17, 15) is 9.59 Å². The minimum absolute atomic E-state index is 0.0533. The summed E-state index contributed by atoms with van der Waals surface area (Å²) in [6, 6.07) is -1.04. The molecule has 0 radical (unpaired) electrons. The Balaban J connectivity index is 3.10. The molecule has 29 heteroatoms. The minimum Gasteiger partial charge on any atom is -0.480 e. The van der Waals surface area contributed by atoms with E-state index in [4.69, 9.17) is 125 Å². The van der Waals surface area contributed by atoms with Gasteiger partial charge in [0.25, 0.3) is 0 Å². The fraction of sp³-hybridized carbons (Fsp3) is 0.963. The summed E-state index contributed by atoms with van der Waals surface area (Å²) in [5.41, 5.74) is 5.37. The van der Waals surface area contributed by atoms with E-state index >= 15 is 0 Å². The lowest BCUT2D eigenvalue weighted by molar-refractivity contribution is -0.138. The SMILES string of the molecule is COCCOCCOCCOCCOCCOCCOCCOCCOCCOCCOCCOCCOCCOCCOCCOCCOCCOCCOCCOCCOCCOCCOCCOCCNC(=O)CC[C@H](N)C(=O)O. The third kappa shape index (κ3) is 74.1. The summed E-state index contributed by atoms with van der Waals surface area (Å²) in [5.74, 6) is -1.39. The van der Waals surface area contributed by atoms with Gasteiger partial charge in [-0.2, -0.15) is 0 Å². The van der Waals surface area contributed by atoms with Gasteiger partial charge in [0.1, 0.15) is 6.04 Å². The molecule has 0 heterocycles. The lowest BCUT2D eigenvalue weighted by Crippen LogP contribution is -2.33. The lowest BCUT2D eigenvalue weighted by atomic mass is 10.1. The number of carboxylic acid groups (broad SMARTS) is 1. The van der Waals surface area contributed by atoms with E-state index in [2.05, 4.69) is 5.32 Å². The van der Waals surface area contributed by atoms with Gasteiger partial charge in [-0.15, -0.1) is 0 Å². The maximum Gasteiger partial charge on any atom is 0.320 e. The maximum atomic E-state index is 11.6. The van der Waals surface area contributed by atoms with E-state index in [1.807, 2.05) is 0 Å². The standard InChI is InChI=1S/C54H108N2O27/c1-60-6-7-62-10-11-64-14-15-66-18-19-68-22-23-70-26-27-72-30-31-74-34-35-76-38-39-78-42-43-80-46-47-82-50-51-83-49-48-81-45-44-79-41-40-77-37-36-75-33-32-73-29-28-71-25-24-69-21-20-67-17-16-65-13-12-63-9-8-61-5-4-56-53(57)3-2-52(55)54(58)59/h52H,2-51,55H2,1H3,(H,56,57)(H,58,59)/t52-/m0/s1. The molecule has 4 N–H and O–H groups in total. The van der Waals surface area contributed by atoms with Crippen LogP contribution in [0.4, 0.5) is 0 Å². The van der Waals surface area contributed by atoms with Crippen molar-refractivity contribution in [1.82, 2.24) is 5.32 Å². The van der Waals surface area contributed by atoms with Crippen LogP contribution < -0.4 is 11.1 Å². The van der Waals surface area contributed by atoms with Crippen molar-refractivity contribution >= 4 is 11.9 Å². The number of ether oxygens (including phenoxy) is 24. The first-order chi connectivity index (χ1) is 41.1. The average molecular weight is 1220 g/mol. The number of amides is 1. The zero-order valence-corrected chi connectivity index (χ0v) is 50.1. The summed E-state index contributed by atoms with van der Waals surface area (Å²) < 4.78 is 131. The predicted molar refractivity (Wildman–Crippen MR) is 299 cm³/mol. The van der Waals surface area contributed by atoms with Crippen molar-refractivity contribution in [3.8, 4) is 0 Å². The quantitative estimate of drug-likeness (QED) is 0.0636. The number of carbonyl (C=O) groups is 2. The van der Waals surface area contributed by atoms with Crippen molar-refractivity contribution in [3.05, 3.63) is 0 Å². The molecule has 0 aromatic rings. The summed E-state index contributed by atoms with van der Waals surface area (Å²) >= 11 is 0.